The van der Waals surface area contributed by atoms with Gasteiger partial charge in [-0.05, 0) is 40.9 Å². The molecule has 1 aromatic rings. The molecule has 0 saturated carbocycles. The number of halogens is 1. The fourth-order valence-corrected chi connectivity index (χ4v) is 3.11. The van der Waals surface area contributed by atoms with Gasteiger partial charge in [0.15, 0.2) is 11.5 Å². The van der Waals surface area contributed by atoms with Crippen LogP contribution in [0.5, 0.6) is 11.5 Å². The molecular formula is C16H18BrNO5. The summed E-state index contributed by atoms with van der Waals surface area (Å²) in [6.07, 6.45) is 5.67. The number of carbonyl (C=O) groups is 1. The quantitative estimate of drug-likeness (QED) is 0.625. The first-order chi connectivity index (χ1) is 11.2. The number of carbonyl (C=O) groups excluding carboxylic acids is 1. The number of hydrogen-bond acceptors (Lipinski definition) is 5. The van der Waals surface area contributed by atoms with Gasteiger partial charge >= 0.3 is 0 Å². The van der Waals surface area contributed by atoms with E-state index in [1.165, 1.54) is 0 Å². The van der Waals surface area contributed by atoms with Gasteiger partial charge in [0.2, 0.25) is 6.79 Å². The van der Waals surface area contributed by atoms with Crippen molar-refractivity contribution in [1.82, 2.24) is 5.32 Å². The van der Waals surface area contributed by atoms with E-state index in [9.17, 15) is 4.79 Å². The molecule has 1 N–H and O–H groups in total. The monoisotopic (exact) mass is 383 g/mol. The van der Waals surface area contributed by atoms with Crippen molar-refractivity contribution < 1.29 is 23.7 Å². The molecule has 1 aliphatic carbocycles. The lowest BCUT2D eigenvalue weighted by molar-refractivity contribution is -0.0810. The number of amides is 1. The minimum Gasteiger partial charge on any atom is -0.454 e. The molecule has 6 nitrogen and oxygen atoms in total. The van der Waals surface area contributed by atoms with E-state index in [0.29, 0.717) is 21.5 Å². The van der Waals surface area contributed by atoms with E-state index in [2.05, 4.69) is 21.2 Å². The van der Waals surface area contributed by atoms with Crippen molar-refractivity contribution in [2.24, 2.45) is 0 Å². The van der Waals surface area contributed by atoms with Gasteiger partial charge in [-0.1, -0.05) is 12.2 Å². The van der Waals surface area contributed by atoms with Gasteiger partial charge in [0, 0.05) is 11.6 Å². The maximum Gasteiger partial charge on any atom is 0.253 e. The zero-order chi connectivity index (χ0) is 16.2. The number of ether oxygens (including phenoxy) is 4. The van der Waals surface area contributed by atoms with Gasteiger partial charge in [0.05, 0.1) is 17.7 Å². The van der Waals surface area contributed by atoms with Gasteiger partial charge in [-0.25, -0.2) is 0 Å². The van der Waals surface area contributed by atoms with Gasteiger partial charge in [-0.3, -0.25) is 4.79 Å². The van der Waals surface area contributed by atoms with Crippen LogP contribution in [0.3, 0.4) is 0 Å². The number of rotatable bonds is 5. The van der Waals surface area contributed by atoms with Crippen LogP contribution >= 0.6 is 15.9 Å². The van der Waals surface area contributed by atoms with Gasteiger partial charge < -0.3 is 24.3 Å². The number of benzene rings is 1. The minimum absolute atomic E-state index is 0.100. The number of methoxy groups -OCH3 is 1. The lowest BCUT2D eigenvalue weighted by Gasteiger charge is -2.28. The third-order valence-electron chi connectivity index (χ3n) is 3.77. The number of hydrogen-bond donors (Lipinski definition) is 1. The van der Waals surface area contributed by atoms with Crippen molar-refractivity contribution in [2.75, 3.05) is 20.7 Å². The van der Waals surface area contributed by atoms with E-state index >= 15 is 0 Å². The maximum atomic E-state index is 12.6. The highest BCUT2D eigenvalue weighted by Gasteiger charge is 2.26. The molecule has 2 atom stereocenters. The molecule has 23 heavy (non-hydrogen) atoms. The predicted molar refractivity (Wildman–Crippen MR) is 86.6 cm³/mol. The fraction of sp³-hybridized carbons (Fsp3) is 0.438. The average Bonchev–Trinajstić information content (AvgIpc) is 3.00. The summed E-state index contributed by atoms with van der Waals surface area (Å²) in [5, 5.41) is 2.99. The highest BCUT2D eigenvalue weighted by molar-refractivity contribution is 9.10. The van der Waals surface area contributed by atoms with E-state index in [4.69, 9.17) is 18.9 Å². The lowest BCUT2D eigenvalue weighted by atomic mass is 9.99. The third kappa shape index (κ3) is 3.68. The van der Waals surface area contributed by atoms with Gasteiger partial charge in [-0.15, -0.1) is 0 Å². The predicted octanol–water partition coefficient (Wildman–Crippen LogP) is 2.62. The van der Waals surface area contributed by atoms with Gasteiger partial charge in [0.25, 0.3) is 5.91 Å². The second kappa shape index (κ2) is 7.33. The minimum atomic E-state index is -0.197. The second-order valence-electron chi connectivity index (χ2n) is 5.30. The van der Waals surface area contributed by atoms with Crippen LogP contribution in [0.4, 0.5) is 0 Å². The van der Waals surface area contributed by atoms with Crippen LogP contribution in [0.25, 0.3) is 0 Å². The maximum absolute atomic E-state index is 12.6. The summed E-state index contributed by atoms with van der Waals surface area (Å²) in [5.74, 6) is 1.01. The van der Waals surface area contributed by atoms with Gasteiger partial charge in [0.1, 0.15) is 6.79 Å². The number of fused-ring (bicyclic) bond motifs is 1. The van der Waals surface area contributed by atoms with E-state index in [1.807, 2.05) is 12.2 Å². The first-order valence-corrected chi connectivity index (χ1v) is 8.15. The highest BCUT2D eigenvalue weighted by Crippen LogP contribution is 2.37. The Balaban J connectivity index is 1.73. The molecule has 7 heteroatoms. The summed E-state index contributed by atoms with van der Waals surface area (Å²) in [6.45, 7) is 0.379. The molecule has 0 radical (unpaired) electrons. The van der Waals surface area contributed by atoms with Gasteiger partial charge in [-0.2, -0.15) is 0 Å². The molecular weight excluding hydrogens is 366 g/mol. The summed E-state index contributed by atoms with van der Waals surface area (Å²) in [7, 11) is 1.58. The molecule has 1 heterocycles. The van der Waals surface area contributed by atoms with E-state index in [1.54, 1.807) is 19.2 Å². The van der Waals surface area contributed by atoms with Crippen molar-refractivity contribution in [3.8, 4) is 11.5 Å². The van der Waals surface area contributed by atoms with Crippen molar-refractivity contribution in [1.29, 1.82) is 0 Å². The zero-order valence-electron chi connectivity index (χ0n) is 12.7. The Morgan fingerprint density at radius 1 is 1.39 bits per heavy atom. The Labute approximate surface area is 142 Å². The molecule has 2 aliphatic rings. The summed E-state index contributed by atoms with van der Waals surface area (Å²) >= 11 is 3.41. The van der Waals surface area contributed by atoms with Crippen LogP contribution < -0.4 is 14.8 Å². The molecule has 1 aliphatic heterocycles. The smallest absolute Gasteiger partial charge is 0.253 e. The van der Waals surface area contributed by atoms with Crippen LogP contribution in [-0.2, 0) is 9.47 Å². The van der Waals surface area contributed by atoms with Crippen molar-refractivity contribution in [3.63, 3.8) is 0 Å². The Kier molecular flexibility index (Phi) is 5.20. The van der Waals surface area contributed by atoms with Crippen LogP contribution in [0.15, 0.2) is 28.8 Å². The van der Waals surface area contributed by atoms with E-state index < -0.39 is 0 Å². The lowest BCUT2D eigenvalue weighted by Crippen LogP contribution is -2.44. The molecule has 124 valence electrons. The molecule has 1 amide bonds. The molecule has 0 unspecified atom stereocenters. The van der Waals surface area contributed by atoms with E-state index in [-0.39, 0.29) is 31.6 Å². The Morgan fingerprint density at radius 2 is 2.17 bits per heavy atom. The summed E-state index contributed by atoms with van der Waals surface area (Å²) in [5.41, 5.74) is 0.499. The first-order valence-electron chi connectivity index (χ1n) is 7.36. The largest absolute Gasteiger partial charge is 0.454 e. The number of allylic oxidation sites excluding steroid dienone is 1. The molecule has 0 fully saturated rings. The Hall–Kier alpha value is -1.57. The summed E-state index contributed by atoms with van der Waals surface area (Å²) in [6, 6.07) is 3.23. The van der Waals surface area contributed by atoms with E-state index in [0.717, 1.165) is 12.8 Å². The molecule has 0 aromatic heterocycles. The third-order valence-corrected chi connectivity index (χ3v) is 4.42. The summed E-state index contributed by atoms with van der Waals surface area (Å²) in [4.78, 5) is 12.6. The number of nitrogens with one attached hydrogen (secondary N) is 1. The second-order valence-corrected chi connectivity index (χ2v) is 6.16. The van der Waals surface area contributed by atoms with Crippen LogP contribution in [0.1, 0.15) is 23.2 Å². The normalized spacial score (nSPS) is 22.2. The molecule has 0 bridgehead atoms. The van der Waals surface area contributed by atoms with Crippen molar-refractivity contribution in [3.05, 3.63) is 34.3 Å². The first kappa shape index (κ1) is 16.3. The van der Waals surface area contributed by atoms with Crippen molar-refractivity contribution in [2.45, 2.75) is 25.0 Å². The Bertz CT molecular complexity index is 619. The average molecular weight is 384 g/mol. The molecule has 0 saturated heterocycles. The Morgan fingerprint density at radius 3 is 2.96 bits per heavy atom. The van der Waals surface area contributed by atoms with Crippen LogP contribution in [0.2, 0.25) is 0 Å². The molecule has 1 aromatic carbocycles. The molecule has 0 spiro atoms. The fourth-order valence-electron chi connectivity index (χ4n) is 2.61. The SMILES string of the molecule is COCO[C@@H]1CCC=C[C@@H]1NC(=O)c1cc2c(cc1Br)OCO2. The van der Waals surface area contributed by atoms with Crippen LogP contribution in [0, 0.1) is 0 Å². The van der Waals surface area contributed by atoms with Crippen molar-refractivity contribution >= 4 is 21.8 Å². The molecule has 3 rings (SSSR count). The standard InChI is InChI=1S/C16H18BrNO5/c1-20-8-21-13-5-3-2-4-12(13)18-16(19)10-6-14-15(7-11(10)17)23-9-22-14/h2,4,6-7,12-13H,3,5,8-9H2,1H3,(H,18,19)/t12-,13+/m0/s1. The zero-order valence-corrected chi connectivity index (χ0v) is 14.3. The highest BCUT2D eigenvalue weighted by atomic mass is 79.9. The van der Waals surface area contributed by atoms with Crippen LogP contribution in [-0.4, -0.2) is 38.7 Å². The summed E-state index contributed by atoms with van der Waals surface area (Å²) < 4.78 is 21.9. The topological polar surface area (TPSA) is 66.0 Å².